The molecule has 0 saturated carbocycles. The lowest BCUT2D eigenvalue weighted by atomic mass is 9.99. The summed E-state index contributed by atoms with van der Waals surface area (Å²) in [6.07, 6.45) is 0. The monoisotopic (exact) mass is 732 g/mol. The minimum atomic E-state index is -3.90. The number of nitrogens with zero attached hydrogens (tertiary/aromatic N) is 7. The molecule has 0 radical (unpaired) electrons. The zero-order valence-corrected chi connectivity index (χ0v) is 32.8. The molecule has 2 heterocycles. The third-order valence-electron chi connectivity index (χ3n) is 9.14. The van der Waals surface area contributed by atoms with Crippen molar-refractivity contribution in [2.75, 3.05) is 42.4 Å². The van der Waals surface area contributed by atoms with Crippen molar-refractivity contribution in [1.29, 1.82) is 0 Å². The van der Waals surface area contributed by atoms with Gasteiger partial charge < -0.3 is 9.47 Å². The van der Waals surface area contributed by atoms with Crippen molar-refractivity contribution in [2.24, 2.45) is 19.2 Å². The van der Waals surface area contributed by atoms with Gasteiger partial charge >= 0.3 is 0 Å². The van der Waals surface area contributed by atoms with Gasteiger partial charge in [-0.25, -0.2) is 22.0 Å². The Labute approximate surface area is 297 Å². The summed E-state index contributed by atoms with van der Waals surface area (Å²) < 4.78 is 65.1. The van der Waals surface area contributed by atoms with Gasteiger partial charge in [-0.1, -0.05) is 24.3 Å². The van der Waals surface area contributed by atoms with E-state index in [4.69, 9.17) is 14.6 Å². The summed E-state index contributed by atoms with van der Waals surface area (Å²) in [6.45, 7) is 8.43. The molecule has 50 heavy (non-hydrogen) atoms. The fraction of sp³-hybridized carbons (Fsp3) is 0.471. The summed E-state index contributed by atoms with van der Waals surface area (Å²) in [5.41, 5.74) is 2.59. The summed E-state index contributed by atoms with van der Waals surface area (Å²) in [4.78, 5) is 4.02. The maximum absolute atomic E-state index is 13.8. The number of hydrogen-bond acceptors (Lipinski definition) is 10. The highest BCUT2D eigenvalue weighted by atomic mass is 32.2. The molecule has 2 aromatic carbocycles. The first-order valence-electron chi connectivity index (χ1n) is 15.8. The fourth-order valence-electron chi connectivity index (χ4n) is 4.98. The van der Waals surface area contributed by atoms with Crippen molar-refractivity contribution in [1.82, 2.24) is 33.7 Å². The number of hydrogen-bond donors (Lipinski definition) is 1. The van der Waals surface area contributed by atoms with Gasteiger partial charge in [0.25, 0.3) is 20.0 Å². The van der Waals surface area contributed by atoms with Gasteiger partial charge in [-0.05, 0) is 91.3 Å². The Morgan fingerprint density at radius 1 is 0.660 bits per heavy atom. The molecule has 2 N–H and O–H groups in total. The molecule has 0 spiro atoms. The minimum absolute atomic E-state index is 0.0296. The third kappa shape index (κ3) is 9.30. The Bertz CT molecular complexity index is 1900. The van der Waals surface area contributed by atoms with E-state index in [0.29, 0.717) is 11.5 Å². The van der Waals surface area contributed by atoms with Crippen molar-refractivity contribution in [3.8, 4) is 11.5 Å². The first-order valence-corrected chi connectivity index (χ1v) is 18.8. The molecule has 0 aliphatic heterocycles. The molecule has 0 fully saturated rings. The van der Waals surface area contributed by atoms with E-state index in [0.717, 1.165) is 22.5 Å². The van der Waals surface area contributed by atoms with Crippen molar-refractivity contribution < 1.29 is 26.3 Å². The SMILES string of the molecule is CN(C)C(C)(C)c1cc(S(N)(=O)=O)nn1C.COc1ccc(CN(Cc2ccc(OC)cc2)S(=O)(=O)c2cc(C(C)(C)N(C)C)n(C)n2)cc1. The number of sulfonamides is 2. The number of primary sulfonamides is 1. The quantitative estimate of drug-likeness (QED) is 0.216. The smallest absolute Gasteiger partial charge is 0.263 e. The number of aryl methyl sites for hydroxylation is 2. The van der Waals surface area contributed by atoms with Crippen molar-refractivity contribution >= 4 is 20.0 Å². The van der Waals surface area contributed by atoms with E-state index in [9.17, 15) is 16.8 Å². The molecule has 4 aromatic rings. The molecular weight excluding hydrogens is 681 g/mol. The van der Waals surface area contributed by atoms with Gasteiger partial charge in [0, 0.05) is 39.3 Å². The Morgan fingerprint density at radius 3 is 1.30 bits per heavy atom. The van der Waals surface area contributed by atoms with Gasteiger partial charge in [0.05, 0.1) is 36.7 Å². The first-order chi connectivity index (χ1) is 23.0. The van der Waals surface area contributed by atoms with E-state index in [2.05, 4.69) is 10.2 Å². The molecule has 16 heteroatoms. The number of aromatic nitrogens is 4. The molecule has 0 amide bonds. The van der Waals surface area contributed by atoms with E-state index < -0.39 is 25.6 Å². The van der Waals surface area contributed by atoms with Crippen LogP contribution in [0.25, 0.3) is 0 Å². The average Bonchev–Trinajstić information content (AvgIpc) is 3.65. The lowest BCUT2D eigenvalue weighted by molar-refractivity contribution is 0.185. The van der Waals surface area contributed by atoms with Gasteiger partial charge in [0.15, 0.2) is 10.1 Å². The molecule has 14 nitrogen and oxygen atoms in total. The number of rotatable bonds is 13. The van der Waals surface area contributed by atoms with Gasteiger partial charge in [-0.3, -0.25) is 19.2 Å². The number of benzene rings is 2. The van der Waals surface area contributed by atoms with Crippen LogP contribution >= 0.6 is 0 Å². The maximum atomic E-state index is 13.8. The summed E-state index contributed by atoms with van der Waals surface area (Å²) in [6, 6.07) is 18.0. The van der Waals surface area contributed by atoms with E-state index >= 15 is 0 Å². The van der Waals surface area contributed by atoms with Crippen molar-refractivity contribution in [2.45, 2.75) is 61.9 Å². The standard InChI is InChI=1S/C25H34N4O4S.C9H18N4O2S/c1-25(2,27(3)4)23-16-24(26-28(23)5)34(30,31)29(17-19-8-12-21(32-6)13-9-19)18-20-10-14-22(33-7)15-11-20;1-9(2,12(3)4)7-6-8(11-13(7)5)16(10,14)15/h8-16H,17-18H2,1-7H3;6H,1-5H3,(H2,10,14,15). The van der Waals surface area contributed by atoms with Gasteiger partial charge in [0.1, 0.15) is 11.5 Å². The van der Waals surface area contributed by atoms with Crippen LogP contribution < -0.4 is 14.6 Å². The van der Waals surface area contributed by atoms with E-state index in [1.54, 1.807) is 43.7 Å². The molecular formula is C34H52N8O6S2. The maximum Gasteiger partial charge on any atom is 0.263 e. The minimum Gasteiger partial charge on any atom is -0.497 e. The summed E-state index contributed by atoms with van der Waals surface area (Å²) in [5.74, 6) is 1.43. The predicted molar refractivity (Wildman–Crippen MR) is 194 cm³/mol. The van der Waals surface area contributed by atoms with Gasteiger partial charge in [-0.2, -0.15) is 14.5 Å². The average molecular weight is 733 g/mol. The molecule has 0 bridgehead atoms. The van der Waals surface area contributed by atoms with Crippen LogP contribution in [-0.4, -0.2) is 92.9 Å². The Balaban J connectivity index is 0.000000354. The fourth-order valence-corrected chi connectivity index (χ4v) is 6.88. The second-order valence-corrected chi connectivity index (χ2v) is 16.8. The number of ether oxygens (including phenoxy) is 2. The second-order valence-electron chi connectivity index (χ2n) is 13.4. The van der Waals surface area contributed by atoms with Crippen LogP contribution in [0, 0.1) is 0 Å². The summed E-state index contributed by atoms with van der Waals surface area (Å²) in [7, 11) is 6.80. The molecule has 0 aliphatic rings. The number of nitrogens with two attached hydrogens (primary N) is 1. The van der Waals surface area contributed by atoms with Crippen LogP contribution in [0.3, 0.4) is 0 Å². The highest BCUT2D eigenvalue weighted by Crippen LogP contribution is 2.30. The molecule has 0 atom stereocenters. The highest BCUT2D eigenvalue weighted by Gasteiger charge is 2.33. The Morgan fingerprint density at radius 2 is 1.00 bits per heavy atom. The van der Waals surface area contributed by atoms with Gasteiger partial charge in [0.2, 0.25) is 0 Å². The lowest BCUT2D eigenvalue weighted by Crippen LogP contribution is -2.37. The first kappa shape index (κ1) is 40.6. The van der Waals surface area contributed by atoms with E-state index in [1.807, 2.05) is 114 Å². The Hall–Kier alpha value is -3.80. The summed E-state index contributed by atoms with van der Waals surface area (Å²) >= 11 is 0. The second kappa shape index (κ2) is 15.6. The zero-order valence-electron chi connectivity index (χ0n) is 31.2. The van der Waals surface area contributed by atoms with Crippen LogP contribution in [0.5, 0.6) is 11.5 Å². The van der Waals surface area contributed by atoms with Gasteiger partial charge in [-0.15, -0.1) is 0 Å². The molecule has 0 aliphatic carbocycles. The van der Waals surface area contributed by atoms with Crippen LogP contribution in [0.1, 0.15) is 50.2 Å². The molecule has 0 saturated heterocycles. The zero-order chi connectivity index (χ0) is 37.8. The molecule has 276 valence electrons. The largest absolute Gasteiger partial charge is 0.497 e. The topological polar surface area (TPSA) is 158 Å². The Kier molecular flexibility index (Phi) is 12.7. The number of methoxy groups -OCH3 is 2. The van der Waals surface area contributed by atoms with E-state index in [-0.39, 0.29) is 28.7 Å². The predicted octanol–water partition coefficient (Wildman–Crippen LogP) is 3.49. The lowest BCUT2D eigenvalue weighted by Gasteiger charge is -2.32. The highest BCUT2D eigenvalue weighted by molar-refractivity contribution is 7.89. The van der Waals surface area contributed by atoms with Crippen molar-refractivity contribution in [3.05, 3.63) is 83.2 Å². The van der Waals surface area contributed by atoms with Crippen LogP contribution in [-0.2, 0) is 58.3 Å². The summed E-state index contributed by atoms with van der Waals surface area (Å²) in [5, 5.41) is 13.3. The van der Waals surface area contributed by atoms with Crippen LogP contribution in [0.2, 0.25) is 0 Å². The van der Waals surface area contributed by atoms with Crippen LogP contribution in [0.15, 0.2) is 70.7 Å². The molecule has 4 rings (SSSR count). The van der Waals surface area contributed by atoms with Crippen LogP contribution in [0.4, 0.5) is 0 Å². The normalized spacial score (nSPS) is 12.7. The molecule has 0 unspecified atom stereocenters. The molecule has 2 aromatic heterocycles. The van der Waals surface area contributed by atoms with Crippen molar-refractivity contribution in [3.63, 3.8) is 0 Å². The van der Waals surface area contributed by atoms with E-state index in [1.165, 1.54) is 10.4 Å². The third-order valence-corrected chi connectivity index (χ3v) is 11.6.